The van der Waals surface area contributed by atoms with Gasteiger partial charge in [-0.25, -0.2) is 9.97 Å². The van der Waals surface area contributed by atoms with Gasteiger partial charge in [-0.2, -0.15) is 0 Å². The Morgan fingerprint density at radius 3 is 1.97 bits per heavy atom. The zero-order valence-electron chi connectivity index (χ0n) is 25.0. The van der Waals surface area contributed by atoms with E-state index in [0.717, 1.165) is 11.2 Å². The van der Waals surface area contributed by atoms with E-state index in [-0.39, 0.29) is 0 Å². The maximum Gasteiger partial charge on any atom is 0.116 e. The average Bonchev–Trinajstić information content (AvgIpc) is 3.25. The van der Waals surface area contributed by atoms with Gasteiger partial charge in [0.1, 0.15) is 6.33 Å². The van der Waals surface area contributed by atoms with Gasteiger partial charge < -0.3 is 0 Å². The number of hydrogen-bond acceptors (Lipinski definition) is 3. The molecule has 0 fully saturated rings. The lowest BCUT2D eigenvalue weighted by Gasteiger charge is -2.37. The lowest BCUT2D eigenvalue weighted by molar-refractivity contribution is 0.650. The molecule has 0 aliphatic carbocycles. The van der Waals surface area contributed by atoms with E-state index in [1.807, 2.05) is 11.3 Å². The molecule has 204 valence electrons. The molecule has 0 amide bonds. The molecule has 2 nitrogen and oxygen atoms in total. The van der Waals surface area contributed by atoms with Crippen molar-refractivity contribution in [3.63, 3.8) is 0 Å². The van der Waals surface area contributed by atoms with E-state index in [9.17, 15) is 0 Å². The predicted octanol–water partition coefficient (Wildman–Crippen LogP) is 10.4. The van der Waals surface area contributed by atoms with E-state index in [4.69, 9.17) is 9.97 Å². The summed E-state index contributed by atoms with van der Waals surface area (Å²) in [6.45, 7) is 19.1. The predicted molar refractivity (Wildman–Crippen MR) is 176 cm³/mol. The molecule has 0 aliphatic heterocycles. The van der Waals surface area contributed by atoms with Gasteiger partial charge in [0.25, 0.3) is 0 Å². The molecule has 2 heterocycles. The second-order valence-corrected chi connectivity index (χ2v) is 18.5. The third-order valence-corrected chi connectivity index (χ3v) is 15.8. The monoisotopic (exact) mass is 552 g/mol. The summed E-state index contributed by atoms with van der Waals surface area (Å²) in [6.07, 6.45) is 1.78. The molecule has 0 unspecified atom stereocenters. The molecule has 0 aliphatic rings. The third kappa shape index (κ3) is 5.43. The molecule has 4 heteroatoms. The van der Waals surface area contributed by atoms with Gasteiger partial charge in [-0.15, -0.1) is 11.3 Å². The molecule has 0 spiro atoms. The minimum atomic E-state index is -1.78. The molecule has 0 atom stereocenters. The van der Waals surface area contributed by atoms with E-state index >= 15 is 0 Å². The number of thiophene rings is 1. The van der Waals surface area contributed by atoms with Crippen molar-refractivity contribution in [1.82, 2.24) is 9.97 Å². The van der Waals surface area contributed by atoms with Crippen LogP contribution in [0.5, 0.6) is 0 Å². The van der Waals surface area contributed by atoms with Crippen molar-refractivity contribution in [2.45, 2.75) is 79.4 Å². The smallest absolute Gasteiger partial charge is 0.116 e. The molecule has 0 saturated heterocycles. The summed E-state index contributed by atoms with van der Waals surface area (Å²) in [4.78, 5) is 9.82. The van der Waals surface area contributed by atoms with Crippen LogP contribution < -0.4 is 5.19 Å². The van der Waals surface area contributed by atoms with Crippen LogP contribution in [0, 0.1) is 17.8 Å². The number of rotatable bonds is 9. The summed E-state index contributed by atoms with van der Waals surface area (Å²) in [7, 11) is -1.78. The van der Waals surface area contributed by atoms with E-state index < -0.39 is 8.07 Å². The second kappa shape index (κ2) is 11.1. The topological polar surface area (TPSA) is 25.8 Å². The first-order valence-electron chi connectivity index (χ1n) is 14.8. The quantitative estimate of drug-likeness (QED) is 0.170. The van der Waals surface area contributed by atoms with Crippen molar-refractivity contribution < 1.29 is 0 Å². The van der Waals surface area contributed by atoms with Gasteiger partial charge >= 0.3 is 0 Å². The molecule has 5 aromatic rings. The Balaban J connectivity index is 1.79. The van der Waals surface area contributed by atoms with Crippen molar-refractivity contribution in [1.29, 1.82) is 0 Å². The Morgan fingerprint density at radius 1 is 0.692 bits per heavy atom. The van der Waals surface area contributed by atoms with Crippen LogP contribution in [0.4, 0.5) is 0 Å². The van der Waals surface area contributed by atoms with Crippen LogP contribution in [0.3, 0.4) is 0 Å². The zero-order valence-corrected chi connectivity index (χ0v) is 26.8. The number of benzene rings is 3. The van der Waals surface area contributed by atoms with Crippen LogP contribution in [-0.2, 0) is 0 Å². The first kappa shape index (κ1) is 28.0. The van der Waals surface area contributed by atoms with E-state index in [1.165, 1.54) is 54.8 Å². The van der Waals surface area contributed by atoms with Gasteiger partial charge in [0.15, 0.2) is 0 Å². The van der Waals surface area contributed by atoms with Gasteiger partial charge in [-0.3, -0.25) is 0 Å². The molecule has 0 bridgehead atoms. The minimum absolute atomic E-state index is 0.441. The van der Waals surface area contributed by atoms with Crippen LogP contribution in [-0.4, -0.2) is 18.0 Å². The molecule has 3 aromatic carbocycles. The number of hydrogen-bond donors (Lipinski definition) is 0. The molecule has 2 aromatic heterocycles. The molecule has 39 heavy (non-hydrogen) atoms. The van der Waals surface area contributed by atoms with Crippen LogP contribution in [0.15, 0.2) is 60.9 Å². The van der Waals surface area contributed by atoms with Gasteiger partial charge in [-0.1, -0.05) is 116 Å². The van der Waals surface area contributed by atoms with Gasteiger partial charge in [-0.05, 0) is 57.3 Å². The highest BCUT2D eigenvalue weighted by Crippen LogP contribution is 2.42. The van der Waals surface area contributed by atoms with E-state index in [2.05, 4.69) is 110 Å². The van der Waals surface area contributed by atoms with Crippen molar-refractivity contribution in [3.05, 3.63) is 66.5 Å². The Labute approximate surface area is 239 Å². The summed E-state index contributed by atoms with van der Waals surface area (Å²) >= 11 is 1.95. The lowest BCUT2D eigenvalue weighted by Crippen LogP contribution is -2.50. The van der Waals surface area contributed by atoms with Crippen molar-refractivity contribution >= 4 is 55.7 Å². The normalized spacial score (nSPS) is 12.8. The van der Waals surface area contributed by atoms with Crippen molar-refractivity contribution in [2.24, 2.45) is 17.8 Å². The Hall–Kier alpha value is -2.56. The second-order valence-electron chi connectivity index (χ2n) is 13.2. The molecule has 0 N–H and O–H groups in total. The Bertz CT molecular complexity index is 1590. The zero-order chi connectivity index (χ0) is 27.9. The maximum absolute atomic E-state index is 4.93. The van der Waals surface area contributed by atoms with Gasteiger partial charge in [0.05, 0.1) is 24.0 Å². The Morgan fingerprint density at radius 2 is 1.33 bits per heavy atom. The summed E-state index contributed by atoms with van der Waals surface area (Å²) in [5.74, 6) is 2.53. The summed E-state index contributed by atoms with van der Waals surface area (Å²) < 4.78 is 2.69. The average molecular weight is 553 g/mol. The molecule has 0 radical (unpaired) electrons. The van der Waals surface area contributed by atoms with Crippen LogP contribution in [0.25, 0.3) is 42.3 Å². The number of aromatic nitrogens is 2. The molecular weight excluding hydrogens is 509 g/mol. The molecule has 0 saturated carbocycles. The summed E-state index contributed by atoms with van der Waals surface area (Å²) in [5.41, 5.74) is 4.77. The van der Waals surface area contributed by atoms with Gasteiger partial charge in [0, 0.05) is 15.6 Å². The number of fused-ring (bicyclic) bond motifs is 4. The lowest BCUT2D eigenvalue weighted by atomic mass is 9.92. The molecule has 5 rings (SSSR count). The van der Waals surface area contributed by atoms with E-state index in [0.29, 0.717) is 23.7 Å². The summed E-state index contributed by atoms with van der Waals surface area (Å²) in [5, 5.41) is 5.59. The Kier molecular flexibility index (Phi) is 7.99. The SMILES string of the molecule is CC(C)C[Si](CC(C)C)(CC(C)C)c1cccc2c1sc1c(-c3cc(C(C)C)c4ccccc4c3)ncnc12. The number of nitrogens with zero attached hydrogens (tertiary/aromatic N) is 2. The fraction of sp³-hybridized carbons (Fsp3) is 0.429. The van der Waals surface area contributed by atoms with Crippen LogP contribution in [0.1, 0.15) is 66.9 Å². The fourth-order valence-corrected chi connectivity index (χ4v) is 16.0. The highest BCUT2D eigenvalue weighted by molar-refractivity contribution is 7.28. The molecular formula is C35H44N2SSi. The highest BCUT2D eigenvalue weighted by atomic mass is 32.1. The highest BCUT2D eigenvalue weighted by Gasteiger charge is 2.38. The third-order valence-electron chi connectivity index (χ3n) is 8.04. The largest absolute Gasteiger partial charge is 0.235 e. The maximum atomic E-state index is 4.93. The standard InChI is InChI=1S/C35H44N2SSi/c1-22(2)18-39(19-23(3)4,20-24(5)6)31-15-11-14-29-33-35(38-34(29)31)32(36-21-37-33)27-16-26-12-9-10-13-28(26)30(17-27)25(7)8/h9-17,21-25H,18-20H2,1-8H3. The van der Waals surface area contributed by atoms with Crippen molar-refractivity contribution in [3.8, 4) is 11.3 Å². The van der Waals surface area contributed by atoms with Gasteiger partial charge in [0.2, 0.25) is 0 Å². The van der Waals surface area contributed by atoms with Crippen LogP contribution in [0.2, 0.25) is 18.1 Å². The first-order chi connectivity index (χ1) is 18.6. The fourth-order valence-electron chi connectivity index (χ4n) is 7.10. The van der Waals surface area contributed by atoms with Crippen molar-refractivity contribution in [2.75, 3.05) is 0 Å². The minimum Gasteiger partial charge on any atom is -0.235 e. The summed E-state index contributed by atoms with van der Waals surface area (Å²) in [6, 6.07) is 24.6. The van der Waals surface area contributed by atoms with E-state index in [1.54, 1.807) is 11.5 Å². The van der Waals surface area contributed by atoms with Crippen LogP contribution >= 0.6 is 11.3 Å². The first-order valence-corrected chi connectivity index (χ1v) is 18.2.